The zero-order valence-electron chi connectivity index (χ0n) is 11.4. The standard InChI is InChI=1S/C15H11Br2NO4/c1-22-12-6-11(16)13(17)10(14(12)19)7-18-9-4-2-3-8(5-9)15(20)21/h2-7,19H,1H3,(H,20,21). The number of aliphatic imine (C=N–C) groups is 1. The lowest BCUT2D eigenvalue weighted by atomic mass is 10.2. The third-order valence-electron chi connectivity index (χ3n) is 2.85. The minimum Gasteiger partial charge on any atom is -0.504 e. The van der Waals surface area contributed by atoms with E-state index in [2.05, 4.69) is 36.9 Å². The second-order valence-electron chi connectivity index (χ2n) is 4.25. The van der Waals surface area contributed by atoms with E-state index in [1.807, 2.05) is 0 Å². The molecular weight excluding hydrogens is 418 g/mol. The number of carbonyl (C=O) groups is 1. The number of aromatic hydroxyl groups is 1. The summed E-state index contributed by atoms with van der Waals surface area (Å²) in [5, 5.41) is 19.1. The Morgan fingerprint density at radius 2 is 2.05 bits per heavy atom. The number of nitrogens with zero attached hydrogens (tertiary/aromatic N) is 1. The highest BCUT2D eigenvalue weighted by Gasteiger charge is 2.14. The van der Waals surface area contributed by atoms with Crippen molar-refractivity contribution in [2.75, 3.05) is 7.11 Å². The quantitative estimate of drug-likeness (QED) is 0.708. The Balaban J connectivity index is 2.44. The average molecular weight is 429 g/mol. The van der Waals surface area contributed by atoms with Crippen LogP contribution in [0.25, 0.3) is 0 Å². The fourth-order valence-electron chi connectivity index (χ4n) is 1.74. The number of hydrogen-bond donors (Lipinski definition) is 2. The molecule has 0 aliphatic rings. The Kier molecular flexibility index (Phi) is 5.20. The summed E-state index contributed by atoms with van der Waals surface area (Å²) in [5.74, 6) is -0.781. The largest absolute Gasteiger partial charge is 0.504 e. The van der Waals surface area contributed by atoms with Gasteiger partial charge in [0.1, 0.15) is 0 Å². The van der Waals surface area contributed by atoms with Crippen LogP contribution in [-0.4, -0.2) is 29.5 Å². The van der Waals surface area contributed by atoms with Crippen molar-refractivity contribution >= 4 is 49.7 Å². The smallest absolute Gasteiger partial charge is 0.335 e. The number of benzene rings is 2. The number of phenolic OH excluding ortho intramolecular Hbond substituents is 1. The van der Waals surface area contributed by atoms with Gasteiger partial charge in [-0.3, -0.25) is 4.99 Å². The van der Waals surface area contributed by atoms with Crippen LogP contribution in [0.1, 0.15) is 15.9 Å². The molecule has 0 aliphatic carbocycles. The van der Waals surface area contributed by atoms with Crippen LogP contribution in [0.5, 0.6) is 11.5 Å². The first-order valence-corrected chi connectivity index (χ1v) is 7.65. The van der Waals surface area contributed by atoms with Crippen LogP contribution < -0.4 is 4.74 Å². The normalized spacial score (nSPS) is 10.9. The van der Waals surface area contributed by atoms with Gasteiger partial charge in [0.25, 0.3) is 0 Å². The van der Waals surface area contributed by atoms with E-state index in [1.165, 1.54) is 25.5 Å². The molecule has 0 fully saturated rings. The molecule has 2 rings (SSSR count). The van der Waals surface area contributed by atoms with E-state index in [-0.39, 0.29) is 11.3 Å². The van der Waals surface area contributed by atoms with Gasteiger partial charge < -0.3 is 14.9 Å². The molecule has 0 saturated carbocycles. The molecule has 0 heterocycles. The molecule has 0 aliphatic heterocycles. The van der Waals surface area contributed by atoms with Gasteiger partial charge in [-0.1, -0.05) is 6.07 Å². The number of methoxy groups -OCH3 is 1. The molecule has 0 spiro atoms. The molecule has 0 atom stereocenters. The number of aromatic carboxylic acids is 1. The van der Waals surface area contributed by atoms with Crippen LogP contribution in [0, 0.1) is 0 Å². The molecule has 2 aromatic carbocycles. The van der Waals surface area contributed by atoms with E-state index in [0.717, 1.165) is 0 Å². The lowest BCUT2D eigenvalue weighted by Gasteiger charge is -2.09. The van der Waals surface area contributed by atoms with Crippen molar-refractivity contribution in [2.45, 2.75) is 0 Å². The predicted molar refractivity (Wildman–Crippen MR) is 90.7 cm³/mol. The van der Waals surface area contributed by atoms with E-state index in [9.17, 15) is 9.90 Å². The predicted octanol–water partition coefficient (Wildman–Crippen LogP) is 4.37. The molecule has 0 bridgehead atoms. The number of phenols is 1. The molecule has 0 amide bonds. The Bertz CT molecular complexity index is 759. The molecule has 114 valence electrons. The summed E-state index contributed by atoms with van der Waals surface area (Å²) in [5.41, 5.74) is 1.03. The summed E-state index contributed by atoms with van der Waals surface area (Å²) in [6, 6.07) is 7.83. The van der Waals surface area contributed by atoms with Gasteiger partial charge in [0.2, 0.25) is 0 Å². The van der Waals surface area contributed by atoms with Gasteiger partial charge in [-0.25, -0.2) is 4.79 Å². The summed E-state index contributed by atoms with van der Waals surface area (Å²) >= 11 is 6.71. The maximum atomic E-state index is 10.9. The number of rotatable bonds is 4. The number of halogens is 2. The molecule has 2 aromatic rings. The number of carboxylic acid groups (broad SMARTS) is 1. The zero-order valence-corrected chi connectivity index (χ0v) is 14.6. The van der Waals surface area contributed by atoms with Gasteiger partial charge in [0, 0.05) is 15.2 Å². The molecule has 0 aromatic heterocycles. The molecule has 0 saturated heterocycles. The van der Waals surface area contributed by atoms with Crippen molar-refractivity contribution in [1.82, 2.24) is 0 Å². The molecular formula is C15H11Br2NO4. The minimum atomic E-state index is -1.02. The van der Waals surface area contributed by atoms with E-state index in [1.54, 1.807) is 18.2 Å². The first-order valence-electron chi connectivity index (χ1n) is 6.06. The molecule has 0 unspecified atom stereocenters. The number of ether oxygens (including phenoxy) is 1. The Morgan fingerprint density at radius 3 is 2.68 bits per heavy atom. The maximum absolute atomic E-state index is 10.9. The van der Waals surface area contributed by atoms with E-state index < -0.39 is 5.97 Å². The summed E-state index contributed by atoms with van der Waals surface area (Å²) in [6.45, 7) is 0. The summed E-state index contributed by atoms with van der Waals surface area (Å²) < 4.78 is 6.40. The van der Waals surface area contributed by atoms with Gasteiger partial charge in [0.15, 0.2) is 11.5 Å². The van der Waals surface area contributed by atoms with Crippen molar-refractivity contribution in [1.29, 1.82) is 0 Å². The van der Waals surface area contributed by atoms with E-state index in [4.69, 9.17) is 9.84 Å². The van der Waals surface area contributed by atoms with Gasteiger partial charge in [-0.15, -0.1) is 0 Å². The molecule has 0 radical (unpaired) electrons. The fraction of sp³-hybridized carbons (Fsp3) is 0.0667. The van der Waals surface area contributed by atoms with E-state index in [0.29, 0.717) is 25.9 Å². The average Bonchev–Trinajstić information content (AvgIpc) is 2.51. The SMILES string of the molecule is COc1cc(Br)c(Br)c(C=Nc2cccc(C(=O)O)c2)c1O. The Hall–Kier alpha value is -1.86. The van der Waals surface area contributed by atoms with Crippen molar-refractivity contribution < 1.29 is 19.7 Å². The lowest BCUT2D eigenvalue weighted by molar-refractivity contribution is 0.0697. The Labute approximate surface area is 143 Å². The van der Waals surface area contributed by atoms with Crippen LogP contribution >= 0.6 is 31.9 Å². The fourth-order valence-corrected chi connectivity index (χ4v) is 2.57. The number of carboxylic acids is 1. The highest BCUT2D eigenvalue weighted by molar-refractivity contribution is 9.13. The maximum Gasteiger partial charge on any atom is 0.335 e. The first-order chi connectivity index (χ1) is 10.4. The van der Waals surface area contributed by atoms with Crippen molar-refractivity contribution in [3.63, 3.8) is 0 Å². The van der Waals surface area contributed by atoms with Gasteiger partial charge in [-0.05, 0) is 56.1 Å². The number of hydrogen-bond acceptors (Lipinski definition) is 4. The third kappa shape index (κ3) is 3.48. The highest BCUT2D eigenvalue weighted by atomic mass is 79.9. The van der Waals surface area contributed by atoms with Crippen LogP contribution in [0.15, 0.2) is 44.3 Å². The second-order valence-corrected chi connectivity index (χ2v) is 5.90. The Morgan fingerprint density at radius 1 is 1.32 bits per heavy atom. The van der Waals surface area contributed by atoms with E-state index >= 15 is 0 Å². The highest BCUT2D eigenvalue weighted by Crippen LogP contribution is 2.39. The van der Waals surface area contributed by atoms with Crippen LogP contribution in [0.4, 0.5) is 5.69 Å². The monoisotopic (exact) mass is 427 g/mol. The molecule has 7 heteroatoms. The van der Waals surface area contributed by atoms with Crippen LogP contribution in [0.3, 0.4) is 0 Å². The summed E-state index contributed by atoms with van der Waals surface area (Å²) in [4.78, 5) is 15.1. The minimum absolute atomic E-state index is 0.0595. The summed E-state index contributed by atoms with van der Waals surface area (Å²) in [7, 11) is 1.45. The third-order valence-corrected chi connectivity index (χ3v) is 4.86. The lowest BCUT2D eigenvalue weighted by Crippen LogP contribution is -1.94. The van der Waals surface area contributed by atoms with Crippen molar-refractivity contribution in [2.24, 2.45) is 4.99 Å². The summed E-state index contributed by atoms with van der Waals surface area (Å²) in [6.07, 6.45) is 1.44. The topological polar surface area (TPSA) is 79.1 Å². The van der Waals surface area contributed by atoms with Gasteiger partial charge >= 0.3 is 5.97 Å². The molecule has 2 N–H and O–H groups in total. The van der Waals surface area contributed by atoms with Crippen LogP contribution in [0.2, 0.25) is 0 Å². The van der Waals surface area contributed by atoms with Gasteiger partial charge in [-0.2, -0.15) is 0 Å². The van der Waals surface area contributed by atoms with Crippen molar-refractivity contribution in [3.05, 3.63) is 50.4 Å². The second kappa shape index (κ2) is 6.93. The zero-order chi connectivity index (χ0) is 16.3. The molecule has 5 nitrogen and oxygen atoms in total. The van der Waals surface area contributed by atoms with Crippen molar-refractivity contribution in [3.8, 4) is 11.5 Å². The first kappa shape index (κ1) is 16.5. The van der Waals surface area contributed by atoms with Gasteiger partial charge in [0.05, 0.1) is 23.9 Å². The van der Waals surface area contributed by atoms with Crippen LogP contribution in [-0.2, 0) is 0 Å². The molecule has 22 heavy (non-hydrogen) atoms.